The third-order valence-electron chi connectivity index (χ3n) is 3.80. The van der Waals surface area contributed by atoms with E-state index in [0.717, 1.165) is 31.3 Å². The molecule has 2 N–H and O–H groups in total. The van der Waals surface area contributed by atoms with Crippen molar-refractivity contribution in [3.63, 3.8) is 0 Å². The molecule has 2 aromatic rings. The predicted molar refractivity (Wildman–Crippen MR) is 85.4 cm³/mol. The molecule has 1 aromatic heterocycles. The molecule has 8 nitrogen and oxygen atoms in total. The van der Waals surface area contributed by atoms with E-state index in [1.165, 1.54) is 0 Å². The number of nitrogen functional groups attached to an aromatic ring is 1. The number of hydrogen-bond acceptors (Lipinski definition) is 7. The number of nitro groups is 1. The monoisotopic (exact) mass is 315 g/mol. The molecule has 2 heterocycles. The molecule has 0 unspecified atom stereocenters. The highest BCUT2D eigenvalue weighted by Crippen LogP contribution is 2.26. The summed E-state index contributed by atoms with van der Waals surface area (Å²) in [7, 11) is 0. The normalized spacial score (nSPS) is 17.2. The Bertz CT molecular complexity index is 695. The Morgan fingerprint density at radius 2 is 2.17 bits per heavy atom. The Balaban J connectivity index is 1.71. The van der Waals surface area contributed by atoms with E-state index >= 15 is 0 Å². The maximum Gasteiger partial charge on any atom is 0.329 e. The van der Waals surface area contributed by atoms with Crippen LogP contribution in [0.3, 0.4) is 0 Å². The van der Waals surface area contributed by atoms with E-state index in [1.807, 2.05) is 35.2 Å². The molecule has 1 aromatic carbocycles. The van der Waals surface area contributed by atoms with Gasteiger partial charge in [-0.25, -0.2) is 4.98 Å². The Morgan fingerprint density at radius 1 is 1.39 bits per heavy atom. The van der Waals surface area contributed by atoms with Crippen LogP contribution in [-0.2, 0) is 0 Å². The van der Waals surface area contributed by atoms with Crippen molar-refractivity contribution in [2.75, 3.05) is 23.8 Å². The smallest absolute Gasteiger partial charge is 0.329 e. The summed E-state index contributed by atoms with van der Waals surface area (Å²) in [6.07, 6.45) is 3.10. The number of rotatable bonds is 5. The highest BCUT2D eigenvalue weighted by atomic mass is 16.6. The molecule has 0 amide bonds. The molecule has 1 saturated heterocycles. The van der Waals surface area contributed by atoms with Crippen molar-refractivity contribution in [2.45, 2.75) is 18.9 Å². The average molecular weight is 315 g/mol. The molecule has 0 aliphatic carbocycles. The molecule has 0 radical (unpaired) electrons. The fourth-order valence-corrected chi connectivity index (χ4v) is 2.64. The van der Waals surface area contributed by atoms with Crippen molar-refractivity contribution >= 4 is 17.5 Å². The molecule has 8 heteroatoms. The van der Waals surface area contributed by atoms with Crippen LogP contribution >= 0.6 is 0 Å². The fraction of sp³-hybridized carbons (Fsp3) is 0.333. The van der Waals surface area contributed by atoms with Gasteiger partial charge >= 0.3 is 5.69 Å². The Kier molecular flexibility index (Phi) is 4.22. The third kappa shape index (κ3) is 3.31. The van der Waals surface area contributed by atoms with Crippen molar-refractivity contribution in [1.29, 1.82) is 0 Å². The minimum Gasteiger partial charge on any atom is -0.491 e. The third-order valence-corrected chi connectivity index (χ3v) is 3.80. The van der Waals surface area contributed by atoms with Crippen molar-refractivity contribution in [3.8, 4) is 5.75 Å². The van der Waals surface area contributed by atoms with Gasteiger partial charge in [0.15, 0.2) is 0 Å². The van der Waals surface area contributed by atoms with E-state index in [4.69, 9.17) is 10.5 Å². The lowest BCUT2D eigenvalue weighted by Gasteiger charge is -2.24. The molecule has 3 rings (SSSR count). The number of benzene rings is 1. The van der Waals surface area contributed by atoms with Gasteiger partial charge in [0.2, 0.25) is 11.8 Å². The highest BCUT2D eigenvalue weighted by molar-refractivity contribution is 5.54. The number of para-hydroxylation sites is 1. The summed E-state index contributed by atoms with van der Waals surface area (Å²) >= 11 is 0. The van der Waals surface area contributed by atoms with Gasteiger partial charge in [0.05, 0.1) is 11.0 Å². The van der Waals surface area contributed by atoms with Gasteiger partial charge in [-0.15, -0.1) is 0 Å². The molecule has 0 spiro atoms. The van der Waals surface area contributed by atoms with Crippen LogP contribution in [0.25, 0.3) is 0 Å². The molecular weight excluding hydrogens is 298 g/mol. The molecule has 1 fully saturated rings. The van der Waals surface area contributed by atoms with Gasteiger partial charge in [0.1, 0.15) is 18.6 Å². The van der Waals surface area contributed by atoms with Gasteiger partial charge in [0, 0.05) is 6.54 Å². The van der Waals surface area contributed by atoms with Gasteiger partial charge in [-0.3, -0.25) is 10.1 Å². The van der Waals surface area contributed by atoms with Crippen LogP contribution in [0.5, 0.6) is 5.75 Å². The van der Waals surface area contributed by atoms with Crippen LogP contribution in [0.1, 0.15) is 12.8 Å². The van der Waals surface area contributed by atoms with Crippen LogP contribution in [0.4, 0.5) is 17.5 Å². The highest BCUT2D eigenvalue weighted by Gasteiger charge is 2.28. The minimum atomic E-state index is -0.584. The molecule has 23 heavy (non-hydrogen) atoms. The first-order valence-electron chi connectivity index (χ1n) is 7.36. The Labute approximate surface area is 133 Å². The summed E-state index contributed by atoms with van der Waals surface area (Å²) in [5.74, 6) is 1.10. The van der Waals surface area contributed by atoms with Gasteiger partial charge < -0.3 is 15.4 Å². The van der Waals surface area contributed by atoms with Crippen molar-refractivity contribution in [1.82, 2.24) is 9.97 Å². The van der Waals surface area contributed by atoms with Gasteiger partial charge in [0.25, 0.3) is 0 Å². The number of anilines is 2. The van der Waals surface area contributed by atoms with Crippen molar-refractivity contribution in [3.05, 3.63) is 46.6 Å². The van der Waals surface area contributed by atoms with Crippen LogP contribution < -0.4 is 15.4 Å². The Hall–Kier alpha value is -2.90. The zero-order chi connectivity index (χ0) is 16.2. The minimum absolute atomic E-state index is 0.116. The fourth-order valence-electron chi connectivity index (χ4n) is 2.64. The second-order valence-corrected chi connectivity index (χ2v) is 5.31. The van der Waals surface area contributed by atoms with E-state index in [2.05, 4.69) is 9.97 Å². The van der Waals surface area contributed by atoms with Crippen molar-refractivity contribution in [2.24, 2.45) is 0 Å². The van der Waals surface area contributed by atoms with E-state index in [1.54, 1.807) is 0 Å². The first-order valence-corrected chi connectivity index (χ1v) is 7.36. The Morgan fingerprint density at radius 3 is 2.87 bits per heavy atom. The van der Waals surface area contributed by atoms with E-state index in [0.29, 0.717) is 12.6 Å². The largest absolute Gasteiger partial charge is 0.491 e. The number of nitrogens with zero attached hydrogens (tertiary/aromatic N) is 4. The van der Waals surface area contributed by atoms with E-state index in [9.17, 15) is 10.1 Å². The molecule has 1 aliphatic rings. The average Bonchev–Trinajstić information content (AvgIpc) is 3.02. The summed E-state index contributed by atoms with van der Waals surface area (Å²) in [5.41, 5.74) is 5.38. The summed E-state index contributed by atoms with van der Waals surface area (Å²) in [6.45, 7) is 1.28. The molecule has 1 aliphatic heterocycles. The number of nitrogens with two attached hydrogens (primary N) is 1. The number of hydrogen-bond donors (Lipinski definition) is 1. The first kappa shape index (κ1) is 15.0. The van der Waals surface area contributed by atoms with E-state index in [-0.39, 0.29) is 17.5 Å². The molecular formula is C15H17N5O3. The van der Waals surface area contributed by atoms with Crippen LogP contribution in [0.2, 0.25) is 0 Å². The summed E-state index contributed by atoms with van der Waals surface area (Å²) < 4.78 is 5.80. The lowest BCUT2D eigenvalue weighted by atomic mass is 10.2. The van der Waals surface area contributed by atoms with Crippen LogP contribution in [0, 0.1) is 10.1 Å². The lowest BCUT2D eigenvalue weighted by molar-refractivity contribution is -0.384. The molecule has 0 bridgehead atoms. The zero-order valence-electron chi connectivity index (χ0n) is 12.5. The van der Waals surface area contributed by atoms with Crippen LogP contribution in [-0.4, -0.2) is 34.1 Å². The maximum atomic E-state index is 10.8. The SMILES string of the molecule is Nc1nc(N2CCC[C@H]2COc2ccccc2)ncc1[N+](=O)[O-]. The molecule has 120 valence electrons. The summed E-state index contributed by atoms with van der Waals surface area (Å²) in [4.78, 5) is 20.4. The lowest BCUT2D eigenvalue weighted by Crippen LogP contribution is -2.35. The first-order chi connectivity index (χ1) is 11.1. The topological polar surface area (TPSA) is 107 Å². The quantitative estimate of drug-likeness (QED) is 0.664. The second-order valence-electron chi connectivity index (χ2n) is 5.31. The number of aromatic nitrogens is 2. The second kappa shape index (κ2) is 6.47. The maximum absolute atomic E-state index is 10.8. The standard InChI is InChI=1S/C15H17N5O3/c16-14-13(20(21)22)9-17-15(18-14)19-8-4-5-11(19)10-23-12-6-2-1-3-7-12/h1-3,6-7,9,11H,4-5,8,10H2,(H2,16,17,18)/t11-/m0/s1. The van der Waals surface area contributed by atoms with Gasteiger partial charge in [-0.05, 0) is 25.0 Å². The molecule has 0 saturated carbocycles. The zero-order valence-corrected chi connectivity index (χ0v) is 12.5. The predicted octanol–water partition coefficient (Wildman–Crippen LogP) is 2.01. The summed E-state index contributed by atoms with van der Waals surface area (Å²) in [5, 5.41) is 10.8. The van der Waals surface area contributed by atoms with Crippen LogP contribution in [0.15, 0.2) is 36.5 Å². The van der Waals surface area contributed by atoms with E-state index < -0.39 is 4.92 Å². The van der Waals surface area contributed by atoms with Gasteiger partial charge in [-0.1, -0.05) is 18.2 Å². The van der Waals surface area contributed by atoms with Crippen molar-refractivity contribution < 1.29 is 9.66 Å². The number of ether oxygens (including phenoxy) is 1. The molecule has 1 atom stereocenters. The summed E-state index contributed by atoms with van der Waals surface area (Å²) in [6, 6.07) is 9.70. The van der Waals surface area contributed by atoms with Gasteiger partial charge in [-0.2, -0.15) is 4.98 Å².